The molecule has 0 spiro atoms. The Morgan fingerprint density at radius 3 is 2.57 bits per heavy atom. The van der Waals surface area contributed by atoms with Gasteiger partial charge in [0.2, 0.25) is 0 Å². The van der Waals surface area contributed by atoms with Crippen LogP contribution in [-0.4, -0.2) is 37.0 Å². The number of hydrogen-bond donors (Lipinski definition) is 2. The maximum atomic E-state index is 12.5. The summed E-state index contributed by atoms with van der Waals surface area (Å²) < 4.78 is 0. The summed E-state index contributed by atoms with van der Waals surface area (Å²) in [5.41, 5.74) is 3.49. The van der Waals surface area contributed by atoms with E-state index in [0.29, 0.717) is 0 Å². The number of carbonyl (C=O) groups excluding carboxylic acids is 1. The highest BCUT2D eigenvalue weighted by molar-refractivity contribution is 5.94. The van der Waals surface area contributed by atoms with Gasteiger partial charge in [-0.2, -0.15) is 0 Å². The smallest absolute Gasteiger partial charge is 0.251 e. The van der Waals surface area contributed by atoms with Crippen LogP contribution < -0.4 is 10.6 Å². The maximum absolute atomic E-state index is 12.5. The second kappa shape index (κ2) is 7.65. The van der Waals surface area contributed by atoms with Gasteiger partial charge in [-0.15, -0.1) is 12.4 Å². The van der Waals surface area contributed by atoms with E-state index in [1.807, 2.05) is 12.1 Å². The first-order valence-electron chi connectivity index (χ1n) is 8.39. The van der Waals surface area contributed by atoms with Crippen molar-refractivity contribution in [2.75, 3.05) is 20.6 Å². The lowest BCUT2D eigenvalue weighted by molar-refractivity contribution is 0.0799. The molecule has 1 aliphatic heterocycles. The Bertz CT molecular complexity index is 553. The molecule has 128 valence electrons. The number of rotatable bonds is 4. The Morgan fingerprint density at radius 2 is 1.87 bits per heavy atom. The average Bonchev–Trinajstić information content (AvgIpc) is 3.01. The second-order valence-corrected chi connectivity index (χ2v) is 6.95. The van der Waals surface area contributed by atoms with E-state index in [-0.39, 0.29) is 23.9 Å². The van der Waals surface area contributed by atoms with Gasteiger partial charge in [0, 0.05) is 30.7 Å². The fourth-order valence-electron chi connectivity index (χ4n) is 3.77. The van der Waals surface area contributed by atoms with E-state index in [2.05, 4.69) is 35.7 Å². The minimum Gasteiger partial charge on any atom is -0.350 e. The van der Waals surface area contributed by atoms with Crippen LogP contribution in [0.5, 0.6) is 0 Å². The first-order valence-corrected chi connectivity index (χ1v) is 8.39. The molecule has 3 rings (SSSR count). The van der Waals surface area contributed by atoms with Crippen LogP contribution in [0.1, 0.15) is 53.6 Å². The maximum Gasteiger partial charge on any atom is 0.251 e. The van der Waals surface area contributed by atoms with E-state index >= 15 is 0 Å². The molecule has 23 heavy (non-hydrogen) atoms. The monoisotopic (exact) mass is 337 g/mol. The van der Waals surface area contributed by atoms with E-state index in [4.69, 9.17) is 0 Å². The Hall–Kier alpha value is -1.10. The molecule has 0 radical (unpaired) electrons. The number of halogens is 1. The fourth-order valence-corrected chi connectivity index (χ4v) is 3.77. The molecule has 1 fully saturated rings. The van der Waals surface area contributed by atoms with Gasteiger partial charge < -0.3 is 15.5 Å². The van der Waals surface area contributed by atoms with Crippen molar-refractivity contribution in [3.63, 3.8) is 0 Å². The molecule has 2 aliphatic rings. The molecule has 1 aromatic rings. The Morgan fingerprint density at radius 1 is 1.17 bits per heavy atom. The Labute approximate surface area is 145 Å². The molecule has 2 N–H and O–H groups in total. The SMILES string of the molecule is CN(C)C1(CNC(=O)c2ccc3c(c2)CNC3)CCCCC1.Cl. The summed E-state index contributed by atoms with van der Waals surface area (Å²) in [6.45, 7) is 2.53. The third-order valence-electron chi connectivity index (χ3n) is 5.41. The third kappa shape index (κ3) is 3.87. The van der Waals surface area contributed by atoms with E-state index in [1.54, 1.807) is 0 Å². The van der Waals surface area contributed by atoms with Crippen molar-refractivity contribution < 1.29 is 4.79 Å². The third-order valence-corrected chi connectivity index (χ3v) is 5.41. The molecule has 4 nitrogen and oxygen atoms in total. The molecule has 5 heteroatoms. The Balaban J connectivity index is 0.00000192. The van der Waals surface area contributed by atoms with Crippen molar-refractivity contribution in [2.24, 2.45) is 0 Å². The van der Waals surface area contributed by atoms with Gasteiger partial charge in [-0.3, -0.25) is 4.79 Å². The second-order valence-electron chi connectivity index (χ2n) is 6.95. The normalized spacial score (nSPS) is 19.1. The first-order chi connectivity index (χ1) is 10.6. The number of carbonyl (C=O) groups is 1. The summed E-state index contributed by atoms with van der Waals surface area (Å²) in [5, 5.41) is 6.50. The molecule has 1 heterocycles. The number of nitrogens with one attached hydrogen (secondary N) is 2. The number of nitrogens with zero attached hydrogens (tertiary/aromatic N) is 1. The van der Waals surface area contributed by atoms with Crippen LogP contribution >= 0.6 is 12.4 Å². The minimum atomic E-state index is 0. The highest BCUT2D eigenvalue weighted by Crippen LogP contribution is 2.31. The van der Waals surface area contributed by atoms with Gasteiger partial charge in [0.1, 0.15) is 0 Å². The van der Waals surface area contributed by atoms with Crippen LogP contribution in [0.4, 0.5) is 0 Å². The lowest BCUT2D eigenvalue weighted by atomic mass is 9.80. The summed E-state index contributed by atoms with van der Waals surface area (Å²) in [7, 11) is 4.27. The van der Waals surface area contributed by atoms with Gasteiger partial charge in [0.05, 0.1) is 0 Å². The highest BCUT2D eigenvalue weighted by Gasteiger charge is 2.34. The number of amides is 1. The van der Waals surface area contributed by atoms with E-state index < -0.39 is 0 Å². The van der Waals surface area contributed by atoms with Crippen LogP contribution in [0, 0.1) is 0 Å². The van der Waals surface area contributed by atoms with Gasteiger partial charge in [-0.05, 0) is 50.2 Å². The van der Waals surface area contributed by atoms with E-state index in [0.717, 1.165) is 25.2 Å². The summed E-state index contributed by atoms with van der Waals surface area (Å²) in [6, 6.07) is 6.06. The number of benzene rings is 1. The molecule has 0 unspecified atom stereocenters. The number of fused-ring (bicyclic) bond motifs is 1. The number of likely N-dealkylation sites (N-methyl/N-ethyl adjacent to an activating group) is 1. The zero-order valence-corrected chi connectivity index (χ0v) is 15.0. The van der Waals surface area contributed by atoms with E-state index in [1.165, 1.54) is 43.2 Å². The molecule has 1 saturated carbocycles. The lowest BCUT2D eigenvalue weighted by Gasteiger charge is -2.43. The van der Waals surface area contributed by atoms with Crippen LogP contribution in [0.3, 0.4) is 0 Å². The molecular weight excluding hydrogens is 310 g/mol. The van der Waals surface area contributed by atoms with Crippen molar-refractivity contribution in [1.82, 2.24) is 15.5 Å². The summed E-state index contributed by atoms with van der Waals surface area (Å²) in [4.78, 5) is 14.8. The van der Waals surface area contributed by atoms with Crippen LogP contribution in [-0.2, 0) is 13.1 Å². The van der Waals surface area contributed by atoms with Crippen molar-refractivity contribution in [3.8, 4) is 0 Å². The minimum absolute atomic E-state index is 0. The molecule has 0 saturated heterocycles. The van der Waals surface area contributed by atoms with Gasteiger partial charge in [0.25, 0.3) is 5.91 Å². The summed E-state index contributed by atoms with van der Waals surface area (Å²) in [5.74, 6) is 0.0569. The van der Waals surface area contributed by atoms with Gasteiger partial charge >= 0.3 is 0 Å². The topological polar surface area (TPSA) is 44.4 Å². The fraction of sp³-hybridized carbons (Fsp3) is 0.611. The van der Waals surface area contributed by atoms with Crippen molar-refractivity contribution in [2.45, 2.75) is 50.7 Å². The van der Waals surface area contributed by atoms with Crippen LogP contribution in [0.25, 0.3) is 0 Å². The molecular formula is C18H28ClN3O. The van der Waals surface area contributed by atoms with Gasteiger partial charge in [-0.25, -0.2) is 0 Å². The van der Waals surface area contributed by atoms with Crippen molar-refractivity contribution >= 4 is 18.3 Å². The largest absolute Gasteiger partial charge is 0.350 e. The Kier molecular flexibility index (Phi) is 6.06. The molecule has 0 atom stereocenters. The van der Waals surface area contributed by atoms with Crippen LogP contribution in [0.15, 0.2) is 18.2 Å². The van der Waals surface area contributed by atoms with Gasteiger partial charge in [-0.1, -0.05) is 25.3 Å². The van der Waals surface area contributed by atoms with Gasteiger partial charge in [0.15, 0.2) is 0 Å². The number of hydrogen-bond acceptors (Lipinski definition) is 3. The molecule has 0 aromatic heterocycles. The highest BCUT2D eigenvalue weighted by atomic mass is 35.5. The average molecular weight is 338 g/mol. The van der Waals surface area contributed by atoms with Crippen molar-refractivity contribution in [1.29, 1.82) is 0 Å². The molecule has 1 amide bonds. The molecule has 1 aliphatic carbocycles. The standard InChI is InChI=1S/C18H27N3O.ClH/c1-21(2)18(8-4-3-5-9-18)13-20-17(22)14-6-7-15-11-19-12-16(15)10-14;/h6-7,10,19H,3-5,8-9,11-13H2,1-2H3,(H,20,22);1H. The zero-order valence-electron chi connectivity index (χ0n) is 14.2. The first kappa shape index (κ1) is 18.2. The lowest BCUT2D eigenvalue weighted by Crippen LogP contribution is -2.53. The molecule has 1 aromatic carbocycles. The summed E-state index contributed by atoms with van der Waals surface area (Å²) in [6.07, 6.45) is 6.20. The van der Waals surface area contributed by atoms with E-state index in [9.17, 15) is 4.79 Å². The zero-order chi connectivity index (χ0) is 15.6. The summed E-state index contributed by atoms with van der Waals surface area (Å²) >= 11 is 0. The predicted molar refractivity (Wildman–Crippen MR) is 96.1 cm³/mol. The predicted octanol–water partition coefficient (Wildman–Crippen LogP) is 2.71. The van der Waals surface area contributed by atoms with Crippen molar-refractivity contribution in [3.05, 3.63) is 34.9 Å². The molecule has 0 bridgehead atoms. The quantitative estimate of drug-likeness (QED) is 0.888. The van der Waals surface area contributed by atoms with Crippen LogP contribution in [0.2, 0.25) is 0 Å².